The first-order chi connectivity index (χ1) is 3.79. The maximum atomic E-state index is 2.57. The van der Waals surface area contributed by atoms with Crippen molar-refractivity contribution < 1.29 is 0 Å². The first-order valence-corrected chi connectivity index (χ1v) is 5.56. The molecule has 0 N–H and O–H groups in total. The normalized spacial score (nSPS) is 39.8. The van der Waals surface area contributed by atoms with Gasteiger partial charge in [-0.05, 0) is 19.3 Å². The second-order valence-corrected chi connectivity index (χ2v) is 5.88. The molecule has 0 heterocycles. The highest BCUT2D eigenvalue weighted by Crippen LogP contribution is 2.29. The first-order valence-electron chi connectivity index (χ1n) is 3.07. The van der Waals surface area contributed by atoms with E-state index in [1.807, 2.05) is 0 Å². The fourth-order valence-corrected chi connectivity index (χ4v) is 4.16. The summed E-state index contributed by atoms with van der Waals surface area (Å²) in [4.78, 5) is 0. The molecular weight excluding hydrogens is 326 g/mol. The monoisotopic (exact) mass is 336 g/mol. The molecule has 1 saturated carbocycles. The van der Waals surface area contributed by atoms with Gasteiger partial charge in [0.2, 0.25) is 0 Å². The van der Waals surface area contributed by atoms with E-state index < -0.39 is 0 Å². The van der Waals surface area contributed by atoms with Gasteiger partial charge in [0.05, 0.1) is 0 Å². The van der Waals surface area contributed by atoms with Crippen LogP contribution in [-0.2, 0) is 0 Å². The van der Waals surface area contributed by atoms with Crippen molar-refractivity contribution in [2.45, 2.75) is 33.5 Å². The van der Waals surface area contributed by atoms with Gasteiger partial charge >= 0.3 is 0 Å². The van der Waals surface area contributed by atoms with Crippen LogP contribution < -0.4 is 0 Å². The van der Waals surface area contributed by atoms with Crippen molar-refractivity contribution in [1.29, 1.82) is 0 Å². The molecular formula is C6H10I2. The van der Waals surface area contributed by atoms with Crippen LogP contribution in [0.2, 0.25) is 0 Å². The van der Waals surface area contributed by atoms with Gasteiger partial charge in [0.25, 0.3) is 0 Å². The third-order valence-electron chi connectivity index (χ3n) is 1.55. The van der Waals surface area contributed by atoms with E-state index in [0.29, 0.717) is 0 Å². The van der Waals surface area contributed by atoms with E-state index in [2.05, 4.69) is 45.2 Å². The van der Waals surface area contributed by atoms with Crippen LogP contribution in [0.3, 0.4) is 0 Å². The number of hydrogen-bond donors (Lipinski definition) is 0. The lowest BCUT2D eigenvalue weighted by Crippen LogP contribution is -2.13. The predicted octanol–water partition coefficient (Wildman–Crippen LogP) is 3.17. The Morgan fingerprint density at radius 1 is 1.00 bits per heavy atom. The number of halogens is 2. The molecule has 2 heteroatoms. The van der Waals surface area contributed by atoms with Crippen LogP contribution in [-0.4, -0.2) is 7.85 Å². The van der Waals surface area contributed by atoms with Crippen LogP contribution in [0.25, 0.3) is 0 Å². The Labute approximate surface area is 78.1 Å². The fraction of sp³-hybridized carbons (Fsp3) is 1.00. The summed E-state index contributed by atoms with van der Waals surface area (Å²) in [5.41, 5.74) is 0. The van der Waals surface area contributed by atoms with Gasteiger partial charge in [-0.2, -0.15) is 0 Å². The summed E-state index contributed by atoms with van der Waals surface area (Å²) in [5, 5.41) is 0. The molecule has 48 valence electrons. The Morgan fingerprint density at radius 3 is 1.75 bits per heavy atom. The average Bonchev–Trinajstić information content (AvgIpc) is 1.64. The molecule has 8 heavy (non-hydrogen) atoms. The van der Waals surface area contributed by atoms with Gasteiger partial charge in [-0.25, -0.2) is 0 Å². The van der Waals surface area contributed by atoms with Crippen molar-refractivity contribution in [1.82, 2.24) is 0 Å². The highest BCUT2D eigenvalue weighted by Gasteiger charge is 2.16. The maximum absolute atomic E-state index is 2.57. The number of alkyl halides is 2. The Balaban J connectivity index is 2.23. The molecule has 2 unspecified atom stereocenters. The Hall–Kier alpha value is 1.46. The standard InChI is InChI=1S/C6H10I2/c7-5-2-1-3-6(8)4-5/h5-6H,1-4H2. The van der Waals surface area contributed by atoms with Crippen molar-refractivity contribution in [3.05, 3.63) is 0 Å². The van der Waals surface area contributed by atoms with Gasteiger partial charge in [0, 0.05) is 7.85 Å². The quantitative estimate of drug-likeness (QED) is 0.471. The summed E-state index contributed by atoms with van der Waals surface area (Å²) in [6, 6.07) is 0. The maximum Gasteiger partial charge on any atom is 0.0120 e. The summed E-state index contributed by atoms with van der Waals surface area (Å²) in [6.07, 6.45) is 5.82. The number of hydrogen-bond acceptors (Lipinski definition) is 0. The third kappa shape index (κ3) is 2.37. The molecule has 0 aromatic rings. The average molecular weight is 336 g/mol. The molecule has 2 atom stereocenters. The zero-order valence-electron chi connectivity index (χ0n) is 4.74. The zero-order valence-corrected chi connectivity index (χ0v) is 9.05. The van der Waals surface area contributed by atoms with Crippen LogP contribution in [0.15, 0.2) is 0 Å². The lowest BCUT2D eigenvalue weighted by Gasteiger charge is -2.20. The van der Waals surface area contributed by atoms with Crippen LogP contribution in [0, 0.1) is 0 Å². The fourth-order valence-electron chi connectivity index (χ4n) is 1.07. The molecule has 1 fully saturated rings. The van der Waals surface area contributed by atoms with E-state index in [1.54, 1.807) is 0 Å². The second-order valence-electron chi connectivity index (χ2n) is 2.36. The molecule has 0 amide bonds. The summed E-state index contributed by atoms with van der Waals surface area (Å²) >= 11 is 5.13. The van der Waals surface area contributed by atoms with Gasteiger partial charge in [-0.1, -0.05) is 51.6 Å². The lowest BCUT2D eigenvalue weighted by molar-refractivity contribution is 0.553. The van der Waals surface area contributed by atoms with Gasteiger partial charge in [-0.15, -0.1) is 0 Å². The minimum Gasteiger partial charge on any atom is -0.0826 e. The molecule has 0 saturated heterocycles. The molecule has 0 spiro atoms. The molecule has 0 aromatic carbocycles. The number of rotatable bonds is 0. The van der Waals surface area contributed by atoms with Crippen molar-refractivity contribution in [3.63, 3.8) is 0 Å². The smallest absolute Gasteiger partial charge is 0.0120 e. The Bertz CT molecular complexity index is 64.9. The van der Waals surface area contributed by atoms with Gasteiger partial charge in [-0.3, -0.25) is 0 Å². The topological polar surface area (TPSA) is 0 Å². The van der Waals surface area contributed by atoms with Crippen molar-refractivity contribution in [3.8, 4) is 0 Å². The molecule has 1 rings (SSSR count). The third-order valence-corrected chi connectivity index (χ3v) is 3.81. The summed E-state index contributed by atoms with van der Waals surface area (Å²) in [6.45, 7) is 0. The van der Waals surface area contributed by atoms with Crippen molar-refractivity contribution >= 4 is 45.2 Å². The van der Waals surface area contributed by atoms with Crippen LogP contribution in [0.4, 0.5) is 0 Å². The van der Waals surface area contributed by atoms with Crippen molar-refractivity contribution in [2.24, 2.45) is 0 Å². The summed E-state index contributed by atoms with van der Waals surface area (Å²) in [5.74, 6) is 0. The Kier molecular flexibility index (Phi) is 3.39. The first kappa shape index (κ1) is 7.57. The van der Waals surface area contributed by atoms with E-state index in [-0.39, 0.29) is 0 Å². The van der Waals surface area contributed by atoms with Gasteiger partial charge in [0.1, 0.15) is 0 Å². The molecule has 0 aromatic heterocycles. The van der Waals surface area contributed by atoms with Gasteiger partial charge in [0.15, 0.2) is 0 Å². The second kappa shape index (κ2) is 3.58. The van der Waals surface area contributed by atoms with Crippen LogP contribution in [0.5, 0.6) is 0 Å². The molecule has 1 aliphatic carbocycles. The minimum atomic E-state index is 0.975. The highest BCUT2D eigenvalue weighted by molar-refractivity contribution is 14.1. The van der Waals surface area contributed by atoms with E-state index in [0.717, 1.165) is 7.85 Å². The SMILES string of the molecule is IC1CCCC(I)C1. The zero-order chi connectivity index (χ0) is 5.98. The minimum absolute atomic E-state index is 0.975. The summed E-state index contributed by atoms with van der Waals surface area (Å²) < 4.78 is 1.95. The molecule has 0 nitrogen and oxygen atoms in total. The van der Waals surface area contributed by atoms with Crippen molar-refractivity contribution in [2.75, 3.05) is 0 Å². The molecule has 1 aliphatic rings. The van der Waals surface area contributed by atoms with E-state index >= 15 is 0 Å². The Morgan fingerprint density at radius 2 is 1.50 bits per heavy atom. The molecule has 0 aliphatic heterocycles. The van der Waals surface area contributed by atoms with E-state index in [4.69, 9.17) is 0 Å². The summed E-state index contributed by atoms with van der Waals surface area (Å²) in [7, 11) is 0. The largest absolute Gasteiger partial charge is 0.0826 e. The predicted molar refractivity (Wildman–Crippen MR) is 54.1 cm³/mol. The van der Waals surface area contributed by atoms with E-state index in [9.17, 15) is 0 Å². The van der Waals surface area contributed by atoms with Crippen LogP contribution >= 0.6 is 45.2 Å². The van der Waals surface area contributed by atoms with Crippen LogP contribution in [0.1, 0.15) is 25.7 Å². The van der Waals surface area contributed by atoms with E-state index in [1.165, 1.54) is 25.7 Å². The molecule has 0 bridgehead atoms. The molecule has 0 radical (unpaired) electrons. The highest BCUT2D eigenvalue weighted by atomic mass is 127. The lowest BCUT2D eigenvalue weighted by atomic mass is 10.0. The van der Waals surface area contributed by atoms with Gasteiger partial charge < -0.3 is 0 Å².